The van der Waals surface area contributed by atoms with Gasteiger partial charge >= 0.3 is 0 Å². The number of rotatable bonds is 3. The molecule has 0 aliphatic rings. The van der Waals surface area contributed by atoms with E-state index in [1.165, 1.54) is 25.8 Å². The lowest BCUT2D eigenvalue weighted by Gasteiger charge is -2.10. The van der Waals surface area contributed by atoms with Crippen LogP contribution in [0.15, 0.2) is 93.5 Å². The van der Waals surface area contributed by atoms with Crippen LogP contribution in [-0.4, -0.2) is 0 Å². The van der Waals surface area contributed by atoms with Crippen LogP contribution < -0.4 is 0 Å². The van der Waals surface area contributed by atoms with Crippen molar-refractivity contribution in [1.82, 2.24) is 0 Å². The lowest BCUT2D eigenvalue weighted by atomic mass is 10.2. The molecule has 0 atom stereocenters. The molecular formula is C20H19S+. The first kappa shape index (κ1) is 14.0. The summed E-state index contributed by atoms with van der Waals surface area (Å²) in [7, 11) is -0.0365. The van der Waals surface area contributed by atoms with Gasteiger partial charge in [0.1, 0.15) is 0 Å². The maximum atomic E-state index is 2.33. The third-order valence-electron chi connectivity index (χ3n) is 3.52. The van der Waals surface area contributed by atoms with E-state index < -0.39 is 0 Å². The van der Waals surface area contributed by atoms with Crippen LogP contribution in [0.5, 0.6) is 0 Å². The fraction of sp³-hybridized carbons (Fsp3) is 0.100. The van der Waals surface area contributed by atoms with E-state index in [-0.39, 0.29) is 10.9 Å². The van der Waals surface area contributed by atoms with Gasteiger partial charge in [-0.2, -0.15) is 0 Å². The zero-order valence-electron chi connectivity index (χ0n) is 12.4. The van der Waals surface area contributed by atoms with Gasteiger partial charge in [-0.05, 0) is 49.7 Å². The van der Waals surface area contributed by atoms with Crippen molar-refractivity contribution in [3.63, 3.8) is 0 Å². The van der Waals surface area contributed by atoms with Crippen LogP contribution in [0.4, 0.5) is 0 Å². The summed E-state index contributed by atoms with van der Waals surface area (Å²) in [5, 5.41) is 0. The summed E-state index contributed by atoms with van der Waals surface area (Å²) in [6.07, 6.45) is 0. The van der Waals surface area contributed by atoms with E-state index in [0.29, 0.717) is 0 Å². The summed E-state index contributed by atoms with van der Waals surface area (Å²) in [5.74, 6) is 0. The molecule has 104 valence electrons. The summed E-state index contributed by atoms with van der Waals surface area (Å²) in [5.41, 5.74) is 2.68. The first-order chi connectivity index (χ1) is 10.3. The van der Waals surface area contributed by atoms with Gasteiger partial charge in [0.25, 0.3) is 0 Å². The number of benzene rings is 3. The van der Waals surface area contributed by atoms with E-state index in [2.05, 4.69) is 92.7 Å². The molecule has 0 amide bonds. The fourth-order valence-electron chi connectivity index (χ4n) is 2.43. The summed E-state index contributed by atoms with van der Waals surface area (Å²) < 4.78 is 0. The summed E-state index contributed by atoms with van der Waals surface area (Å²) >= 11 is 0. The van der Waals surface area contributed by atoms with Crippen LogP contribution in [0.2, 0.25) is 0 Å². The molecule has 1 heteroatoms. The lowest BCUT2D eigenvalue weighted by Crippen LogP contribution is -2.06. The van der Waals surface area contributed by atoms with Gasteiger partial charge in [0.05, 0.1) is 10.9 Å². The van der Waals surface area contributed by atoms with E-state index in [9.17, 15) is 0 Å². The van der Waals surface area contributed by atoms with Crippen molar-refractivity contribution in [3.05, 3.63) is 90.0 Å². The SMILES string of the molecule is Cc1ccc(C)c([S+](c2ccccc2)c2ccccc2)c1. The average molecular weight is 291 g/mol. The highest BCUT2D eigenvalue weighted by Gasteiger charge is 2.29. The third kappa shape index (κ3) is 3.03. The van der Waals surface area contributed by atoms with Crippen LogP contribution in [-0.2, 0) is 10.9 Å². The summed E-state index contributed by atoms with van der Waals surface area (Å²) in [6, 6.07) is 28.4. The van der Waals surface area contributed by atoms with E-state index in [0.717, 1.165) is 0 Å². The van der Waals surface area contributed by atoms with Crippen molar-refractivity contribution in [3.8, 4) is 0 Å². The molecule has 0 aliphatic heterocycles. The second-order valence-electron chi connectivity index (χ2n) is 5.20. The Kier molecular flexibility index (Phi) is 4.12. The molecule has 0 fully saturated rings. The van der Waals surface area contributed by atoms with Crippen molar-refractivity contribution in [2.75, 3.05) is 0 Å². The Labute approximate surface area is 129 Å². The molecule has 0 nitrogen and oxygen atoms in total. The normalized spacial score (nSPS) is 10.8. The molecule has 0 N–H and O–H groups in total. The Bertz CT molecular complexity index is 678. The first-order valence-electron chi connectivity index (χ1n) is 7.17. The minimum Gasteiger partial charge on any atom is -0.0619 e. The molecule has 0 bridgehead atoms. The maximum absolute atomic E-state index is 2.33. The predicted molar refractivity (Wildman–Crippen MR) is 91.0 cm³/mol. The first-order valence-corrected chi connectivity index (χ1v) is 8.40. The monoisotopic (exact) mass is 291 g/mol. The van der Waals surface area contributed by atoms with Crippen molar-refractivity contribution in [1.29, 1.82) is 0 Å². The number of hydrogen-bond donors (Lipinski definition) is 0. The summed E-state index contributed by atoms with van der Waals surface area (Å²) in [6.45, 7) is 4.38. The Balaban J connectivity index is 2.20. The van der Waals surface area contributed by atoms with Crippen LogP contribution in [0.25, 0.3) is 0 Å². The summed E-state index contributed by atoms with van der Waals surface area (Å²) in [4.78, 5) is 4.17. The number of hydrogen-bond acceptors (Lipinski definition) is 0. The highest BCUT2D eigenvalue weighted by atomic mass is 32.2. The molecule has 3 aromatic rings. The van der Waals surface area contributed by atoms with Gasteiger partial charge in [0.15, 0.2) is 14.7 Å². The Hall–Kier alpha value is -1.99. The minimum atomic E-state index is -0.0365. The second kappa shape index (κ2) is 6.19. The predicted octanol–water partition coefficient (Wildman–Crippen LogP) is 5.40. The van der Waals surface area contributed by atoms with Gasteiger partial charge in [-0.25, -0.2) is 0 Å². The molecule has 0 saturated heterocycles. The molecule has 3 aromatic carbocycles. The topological polar surface area (TPSA) is 0 Å². The van der Waals surface area contributed by atoms with Gasteiger partial charge in [-0.1, -0.05) is 48.5 Å². The molecule has 0 saturated carbocycles. The van der Waals surface area contributed by atoms with Gasteiger partial charge in [-0.15, -0.1) is 0 Å². The van der Waals surface area contributed by atoms with Gasteiger partial charge in [-0.3, -0.25) is 0 Å². The maximum Gasteiger partial charge on any atom is 0.169 e. The van der Waals surface area contributed by atoms with Gasteiger partial charge in [0.2, 0.25) is 0 Å². The van der Waals surface area contributed by atoms with Gasteiger partial charge < -0.3 is 0 Å². The Morgan fingerprint density at radius 1 is 0.619 bits per heavy atom. The molecule has 3 rings (SSSR count). The Morgan fingerprint density at radius 2 is 1.14 bits per heavy atom. The molecule has 0 unspecified atom stereocenters. The van der Waals surface area contributed by atoms with E-state index in [4.69, 9.17) is 0 Å². The quantitative estimate of drug-likeness (QED) is 0.567. The van der Waals surface area contributed by atoms with Crippen molar-refractivity contribution in [2.24, 2.45) is 0 Å². The average Bonchev–Trinajstić information content (AvgIpc) is 2.53. The zero-order valence-corrected chi connectivity index (χ0v) is 13.2. The zero-order chi connectivity index (χ0) is 14.7. The molecule has 0 spiro atoms. The van der Waals surface area contributed by atoms with Crippen molar-refractivity contribution in [2.45, 2.75) is 28.5 Å². The standard InChI is InChI=1S/C20H19S/c1-16-13-14-17(2)20(15-16)21(18-9-5-3-6-10-18)19-11-7-4-8-12-19/h3-15H,1-2H3/q+1. The highest BCUT2D eigenvalue weighted by molar-refractivity contribution is 7.97. The van der Waals surface area contributed by atoms with Crippen LogP contribution >= 0.6 is 0 Å². The Morgan fingerprint density at radius 3 is 1.67 bits per heavy atom. The van der Waals surface area contributed by atoms with Crippen LogP contribution in [0, 0.1) is 13.8 Å². The molecule has 0 aromatic heterocycles. The molecular weight excluding hydrogens is 272 g/mol. The minimum absolute atomic E-state index is 0.0365. The van der Waals surface area contributed by atoms with Gasteiger partial charge in [0, 0.05) is 5.56 Å². The molecule has 0 aliphatic carbocycles. The van der Waals surface area contributed by atoms with E-state index in [1.807, 2.05) is 0 Å². The molecule has 0 heterocycles. The highest BCUT2D eigenvalue weighted by Crippen LogP contribution is 2.33. The van der Waals surface area contributed by atoms with Crippen molar-refractivity contribution < 1.29 is 0 Å². The van der Waals surface area contributed by atoms with Crippen LogP contribution in [0.3, 0.4) is 0 Å². The fourth-order valence-corrected chi connectivity index (χ4v) is 4.76. The largest absolute Gasteiger partial charge is 0.169 e. The lowest BCUT2D eigenvalue weighted by molar-refractivity contribution is 1.22. The molecule has 21 heavy (non-hydrogen) atoms. The van der Waals surface area contributed by atoms with E-state index >= 15 is 0 Å². The third-order valence-corrected chi connectivity index (χ3v) is 5.89. The number of aryl methyl sites for hydroxylation is 2. The van der Waals surface area contributed by atoms with Crippen molar-refractivity contribution >= 4 is 10.9 Å². The smallest absolute Gasteiger partial charge is 0.0619 e. The second-order valence-corrected chi connectivity index (χ2v) is 7.20. The van der Waals surface area contributed by atoms with Crippen LogP contribution in [0.1, 0.15) is 11.1 Å². The molecule has 0 radical (unpaired) electrons. The van der Waals surface area contributed by atoms with E-state index in [1.54, 1.807) is 0 Å².